The SMILES string of the molecule is Cc1cn2cc(C(=O)N3CCN(CCOCCO)CC3)ccc2n1. The minimum atomic E-state index is 0.0586. The van der Waals surface area contributed by atoms with Gasteiger partial charge >= 0.3 is 0 Å². The molecule has 0 aromatic carbocycles. The lowest BCUT2D eigenvalue weighted by atomic mass is 10.2. The summed E-state index contributed by atoms with van der Waals surface area (Å²) < 4.78 is 7.19. The Morgan fingerprint density at radius 2 is 2.00 bits per heavy atom. The van der Waals surface area contributed by atoms with E-state index >= 15 is 0 Å². The first-order chi connectivity index (χ1) is 11.7. The van der Waals surface area contributed by atoms with Crippen LogP contribution in [0, 0.1) is 6.92 Å². The van der Waals surface area contributed by atoms with Crippen LogP contribution in [0.25, 0.3) is 5.65 Å². The van der Waals surface area contributed by atoms with E-state index in [2.05, 4.69) is 9.88 Å². The quantitative estimate of drug-likeness (QED) is 0.776. The van der Waals surface area contributed by atoms with Crippen LogP contribution in [-0.2, 0) is 4.74 Å². The lowest BCUT2D eigenvalue weighted by Gasteiger charge is -2.34. The predicted molar refractivity (Wildman–Crippen MR) is 90.2 cm³/mol. The number of nitrogens with zero attached hydrogens (tertiary/aromatic N) is 4. The lowest BCUT2D eigenvalue weighted by Crippen LogP contribution is -2.49. The summed E-state index contributed by atoms with van der Waals surface area (Å²) in [5.41, 5.74) is 2.49. The molecule has 0 spiro atoms. The fourth-order valence-electron chi connectivity index (χ4n) is 2.96. The average molecular weight is 332 g/mol. The summed E-state index contributed by atoms with van der Waals surface area (Å²) in [5.74, 6) is 0.0689. The Hall–Kier alpha value is -1.96. The summed E-state index contributed by atoms with van der Waals surface area (Å²) >= 11 is 0. The third-order valence-electron chi connectivity index (χ3n) is 4.27. The van der Waals surface area contributed by atoms with E-state index in [1.165, 1.54) is 0 Å². The van der Waals surface area contributed by atoms with Crippen molar-refractivity contribution in [2.45, 2.75) is 6.92 Å². The Balaban J connectivity index is 1.54. The first-order valence-electron chi connectivity index (χ1n) is 8.33. The summed E-state index contributed by atoms with van der Waals surface area (Å²) in [4.78, 5) is 21.2. The van der Waals surface area contributed by atoms with Crippen molar-refractivity contribution < 1.29 is 14.6 Å². The maximum absolute atomic E-state index is 12.7. The summed E-state index contributed by atoms with van der Waals surface area (Å²) in [7, 11) is 0. The maximum atomic E-state index is 12.7. The number of piperazine rings is 1. The van der Waals surface area contributed by atoms with Crippen LogP contribution in [0.3, 0.4) is 0 Å². The van der Waals surface area contributed by atoms with Crippen molar-refractivity contribution in [3.05, 3.63) is 35.8 Å². The standard InChI is InChI=1S/C17H24N4O3/c1-14-12-21-13-15(2-3-16(21)18-14)17(23)20-6-4-19(5-7-20)8-10-24-11-9-22/h2-3,12-13,22H,4-11H2,1H3. The number of rotatable bonds is 6. The molecule has 24 heavy (non-hydrogen) atoms. The topological polar surface area (TPSA) is 70.3 Å². The normalized spacial score (nSPS) is 16.0. The molecule has 3 rings (SSSR count). The van der Waals surface area contributed by atoms with Crippen molar-refractivity contribution in [3.8, 4) is 0 Å². The number of aliphatic hydroxyl groups is 1. The number of carbonyl (C=O) groups is 1. The summed E-state index contributed by atoms with van der Waals surface area (Å²) in [5, 5.41) is 8.69. The van der Waals surface area contributed by atoms with Crippen molar-refractivity contribution in [3.63, 3.8) is 0 Å². The molecule has 0 atom stereocenters. The Labute approximate surface area is 141 Å². The molecule has 1 fully saturated rings. The first kappa shape index (κ1) is 16.9. The molecule has 2 aromatic rings. The van der Waals surface area contributed by atoms with Crippen LogP contribution in [0.1, 0.15) is 16.1 Å². The summed E-state index contributed by atoms with van der Waals surface area (Å²) in [6.07, 6.45) is 3.78. The number of carbonyl (C=O) groups excluding carboxylic acids is 1. The minimum absolute atomic E-state index is 0.0586. The third kappa shape index (κ3) is 3.92. The van der Waals surface area contributed by atoms with E-state index in [0.29, 0.717) is 18.8 Å². The van der Waals surface area contributed by atoms with Crippen molar-refractivity contribution in [1.29, 1.82) is 0 Å². The first-order valence-corrected chi connectivity index (χ1v) is 8.33. The smallest absolute Gasteiger partial charge is 0.255 e. The molecule has 7 nitrogen and oxygen atoms in total. The van der Waals surface area contributed by atoms with Crippen LogP contribution in [0.15, 0.2) is 24.5 Å². The van der Waals surface area contributed by atoms with Gasteiger partial charge in [0, 0.05) is 45.1 Å². The largest absolute Gasteiger partial charge is 0.394 e. The number of aryl methyl sites for hydroxylation is 1. The highest BCUT2D eigenvalue weighted by Crippen LogP contribution is 2.12. The number of fused-ring (bicyclic) bond motifs is 1. The zero-order chi connectivity index (χ0) is 16.9. The molecule has 1 N–H and O–H groups in total. The predicted octanol–water partition coefficient (Wildman–Crippen LogP) is 0.409. The third-order valence-corrected chi connectivity index (χ3v) is 4.27. The highest BCUT2D eigenvalue weighted by molar-refractivity contribution is 5.94. The molecule has 3 heterocycles. The van der Waals surface area contributed by atoms with Crippen LogP contribution in [0.5, 0.6) is 0 Å². The zero-order valence-corrected chi connectivity index (χ0v) is 14.0. The molecule has 7 heteroatoms. The monoisotopic (exact) mass is 332 g/mol. The van der Waals surface area contributed by atoms with Crippen molar-refractivity contribution in [1.82, 2.24) is 19.2 Å². The fourth-order valence-corrected chi connectivity index (χ4v) is 2.96. The van der Waals surface area contributed by atoms with Gasteiger partial charge in [0.2, 0.25) is 0 Å². The molecule has 130 valence electrons. The van der Waals surface area contributed by atoms with Gasteiger partial charge in [-0.1, -0.05) is 0 Å². The van der Waals surface area contributed by atoms with Gasteiger partial charge in [0.15, 0.2) is 0 Å². The van der Waals surface area contributed by atoms with Crippen molar-refractivity contribution in [2.75, 3.05) is 52.5 Å². The molecule has 1 saturated heterocycles. The van der Waals surface area contributed by atoms with E-state index in [1.54, 1.807) is 0 Å². The molecule has 0 unspecified atom stereocenters. The highest BCUT2D eigenvalue weighted by atomic mass is 16.5. The van der Waals surface area contributed by atoms with E-state index in [9.17, 15) is 4.79 Å². The van der Waals surface area contributed by atoms with Gasteiger partial charge in [-0.05, 0) is 19.1 Å². The van der Waals surface area contributed by atoms with E-state index in [4.69, 9.17) is 9.84 Å². The molecule has 1 aliphatic rings. The second-order valence-electron chi connectivity index (χ2n) is 6.04. The molecule has 0 saturated carbocycles. The number of imidazole rings is 1. The Morgan fingerprint density at radius 3 is 2.75 bits per heavy atom. The molecule has 0 aliphatic carbocycles. The van der Waals surface area contributed by atoms with E-state index in [0.717, 1.165) is 44.1 Å². The van der Waals surface area contributed by atoms with Crippen molar-refractivity contribution in [2.24, 2.45) is 0 Å². The Bertz CT molecular complexity index is 692. The zero-order valence-electron chi connectivity index (χ0n) is 14.0. The fraction of sp³-hybridized carbons (Fsp3) is 0.529. The van der Waals surface area contributed by atoms with Gasteiger partial charge < -0.3 is 19.1 Å². The van der Waals surface area contributed by atoms with Gasteiger partial charge in [-0.25, -0.2) is 4.98 Å². The van der Waals surface area contributed by atoms with Gasteiger partial charge in [0.1, 0.15) is 5.65 Å². The number of aliphatic hydroxyl groups excluding tert-OH is 1. The van der Waals surface area contributed by atoms with Crippen LogP contribution in [0.4, 0.5) is 0 Å². The van der Waals surface area contributed by atoms with Crippen LogP contribution in [-0.4, -0.2) is 82.7 Å². The minimum Gasteiger partial charge on any atom is -0.394 e. The maximum Gasteiger partial charge on any atom is 0.255 e. The van der Waals surface area contributed by atoms with Gasteiger partial charge in [-0.2, -0.15) is 0 Å². The lowest BCUT2D eigenvalue weighted by molar-refractivity contribution is 0.0486. The molecule has 1 aliphatic heterocycles. The molecule has 0 radical (unpaired) electrons. The molecule has 0 bridgehead atoms. The van der Waals surface area contributed by atoms with E-state index in [-0.39, 0.29) is 12.5 Å². The molecule has 2 aromatic heterocycles. The molecular weight excluding hydrogens is 308 g/mol. The summed E-state index contributed by atoms with van der Waals surface area (Å²) in [6, 6.07) is 3.73. The number of ether oxygens (including phenoxy) is 1. The van der Waals surface area contributed by atoms with Crippen molar-refractivity contribution >= 4 is 11.6 Å². The van der Waals surface area contributed by atoms with Gasteiger partial charge in [0.05, 0.1) is 31.1 Å². The van der Waals surface area contributed by atoms with E-state index < -0.39 is 0 Å². The number of aromatic nitrogens is 2. The summed E-state index contributed by atoms with van der Waals surface area (Å²) in [6.45, 7) is 6.98. The van der Waals surface area contributed by atoms with Crippen LogP contribution in [0.2, 0.25) is 0 Å². The number of hydrogen-bond acceptors (Lipinski definition) is 5. The van der Waals surface area contributed by atoms with Gasteiger partial charge in [0.25, 0.3) is 5.91 Å². The molecule has 1 amide bonds. The second kappa shape index (κ2) is 7.74. The number of hydrogen-bond donors (Lipinski definition) is 1. The number of pyridine rings is 1. The second-order valence-corrected chi connectivity index (χ2v) is 6.04. The van der Waals surface area contributed by atoms with E-state index in [1.807, 2.05) is 40.8 Å². The average Bonchev–Trinajstić information content (AvgIpc) is 2.98. The highest BCUT2D eigenvalue weighted by Gasteiger charge is 2.22. The van der Waals surface area contributed by atoms with Crippen LogP contribution < -0.4 is 0 Å². The van der Waals surface area contributed by atoms with Gasteiger partial charge in [-0.15, -0.1) is 0 Å². The number of amides is 1. The van der Waals surface area contributed by atoms with Gasteiger partial charge in [-0.3, -0.25) is 9.69 Å². The Morgan fingerprint density at radius 1 is 1.21 bits per heavy atom. The van der Waals surface area contributed by atoms with Crippen LogP contribution >= 0.6 is 0 Å². The Kier molecular flexibility index (Phi) is 5.44. The molecular formula is C17H24N4O3.